The fraction of sp³-hybridized carbons (Fsp3) is 0.360. The Kier molecular flexibility index (Phi) is 7.52. The molecule has 0 spiro atoms. The highest BCUT2D eigenvalue weighted by Gasteiger charge is 2.25. The summed E-state index contributed by atoms with van der Waals surface area (Å²) in [6, 6.07) is 13.6. The van der Waals surface area contributed by atoms with Gasteiger partial charge in [0.05, 0.1) is 13.2 Å². The van der Waals surface area contributed by atoms with Gasteiger partial charge in [-0.15, -0.1) is 0 Å². The Morgan fingerprint density at radius 2 is 1.79 bits per heavy atom. The third-order valence-electron chi connectivity index (χ3n) is 5.91. The number of nitrogens with one attached hydrogen (secondary N) is 1. The van der Waals surface area contributed by atoms with Crippen LogP contribution in [0.25, 0.3) is 5.70 Å². The van der Waals surface area contributed by atoms with E-state index in [-0.39, 0.29) is 6.42 Å². The van der Waals surface area contributed by atoms with Crippen molar-refractivity contribution in [2.24, 2.45) is 0 Å². The number of hydrogen-bond donors (Lipinski definition) is 2. The second-order valence-corrected chi connectivity index (χ2v) is 8.57. The lowest BCUT2D eigenvalue weighted by atomic mass is 9.88. The summed E-state index contributed by atoms with van der Waals surface area (Å²) in [6.45, 7) is 2.02. The summed E-state index contributed by atoms with van der Waals surface area (Å²) in [5, 5.41) is 13.7. The maximum Gasteiger partial charge on any atom is 0.415 e. The van der Waals surface area contributed by atoms with Crippen molar-refractivity contribution in [1.29, 1.82) is 0 Å². The maximum absolute atomic E-state index is 12.2. The van der Waals surface area contributed by atoms with Crippen molar-refractivity contribution >= 4 is 29.4 Å². The van der Waals surface area contributed by atoms with Gasteiger partial charge in [0.25, 0.3) is 0 Å². The Morgan fingerprint density at radius 3 is 2.39 bits per heavy atom. The van der Waals surface area contributed by atoms with E-state index in [1.807, 2.05) is 24.3 Å². The minimum atomic E-state index is -0.942. The number of carboxylic acids is 1. The van der Waals surface area contributed by atoms with Crippen LogP contribution in [0, 0.1) is 0 Å². The van der Waals surface area contributed by atoms with E-state index in [1.165, 1.54) is 5.57 Å². The summed E-state index contributed by atoms with van der Waals surface area (Å²) >= 11 is 6.41. The molecule has 174 valence electrons. The number of nitrogens with zero attached hydrogens (tertiary/aromatic N) is 1. The Labute approximate surface area is 197 Å². The van der Waals surface area contributed by atoms with Crippen molar-refractivity contribution in [1.82, 2.24) is 10.2 Å². The zero-order valence-electron chi connectivity index (χ0n) is 18.3. The fourth-order valence-electron chi connectivity index (χ4n) is 3.85. The number of carboxylic acid groups (broad SMARTS) is 1. The molecule has 1 amide bonds. The summed E-state index contributed by atoms with van der Waals surface area (Å²) in [4.78, 5) is 25.9. The molecule has 0 radical (unpaired) electrons. The Morgan fingerprint density at radius 1 is 1.09 bits per heavy atom. The van der Waals surface area contributed by atoms with Crippen LogP contribution in [0.2, 0.25) is 5.02 Å². The molecule has 4 rings (SSSR count). The van der Waals surface area contributed by atoms with Gasteiger partial charge in [-0.3, -0.25) is 0 Å². The second kappa shape index (κ2) is 10.7. The molecule has 33 heavy (non-hydrogen) atoms. The van der Waals surface area contributed by atoms with Crippen molar-refractivity contribution in [3.8, 4) is 5.75 Å². The molecule has 1 aliphatic carbocycles. The first-order valence-electron chi connectivity index (χ1n) is 11.1. The van der Waals surface area contributed by atoms with Gasteiger partial charge < -0.3 is 24.8 Å². The minimum absolute atomic E-state index is 0.272. The Balaban J connectivity index is 1.44. The van der Waals surface area contributed by atoms with E-state index >= 15 is 0 Å². The molecule has 7 nitrogen and oxygen atoms in total. The average Bonchev–Trinajstić information content (AvgIpc) is 2.79. The molecular weight excluding hydrogens is 444 g/mol. The molecule has 1 atom stereocenters. The Hall–Kier alpha value is -3.03. The largest absolute Gasteiger partial charge is 0.480 e. The topological polar surface area (TPSA) is 88.1 Å². The molecule has 1 unspecified atom stereocenters. The normalized spacial score (nSPS) is 16.5. The number of allylic oxidation sites excluding steroid dienone is 1. The van der Waals surface area contributed by atoms with Crippen molar-refractivity contribution in [2.45, 2.75) is 31.7 Å². The lowest BCUT2D eigenvalue weighted by molar-refractivity contribution is -0.139. The number of carbonyl (C=O) groups excluding carboxylic acids is 1. The summed E-state index contributed by atoms with van der Waals surface area (Å²) in [5.74, 6) is -0.522. The average molecular weight is 471 g/mol. The molecule has 2 aliphatic rings. The number of ether oxygens (including phenoxy) is 2. The lowest BCUT2D eigenvalue weighted by Gasteiger charge is -2.27. The molecule has 0 aromatic heterocycles. The molecule has 1 heterocycles. The smallest absolute Gasteiger partial charge is 0.415 e. The van der Waals surface area contributed by atoms with Crippen molar-refractivity contribution in [2.75, 3.05) is 26.3 Å². The maximum atomic E-state index is 12.2. The number of aliphatic carboxylic acids is 1. The van der Waals surface area contributed by atoms with E-state index in [4.69, 9.17) is 21.1 Å². The number of morpholine rings is 1. The van der Waals surface area contributed by atoms with Crippen LogP contribution in [0.1, 0.15) is 30.4 Å². The van der Waals surface area contributed by atoms with Crippen molar-refractivity contribution < 1.29 is 24.2 Å². The number of amides is 1. The highest BCUT2D eigenvalue weighted by molar-refractivity contribution is 6.32. The monoisotopic (exact) mass is 470 g/mol. The van der Waals surface area contributed by atoms with Gasteiger partial charge in [-0.2, -0.15) is 0 Å². The van der Waals surface area contributed by atoms with Crippen LogP contribution < -0.4 is 10.1 Å². The molecule has 2 aromatic rings. The molecule has 2 fully saturated rings. The SMILES string of the molecule is O=C(O)C(Cc1ccc(OC(=O)N2CCOCC2)cc1)NC(=C1CCC1)c1ccccc1Cl. The van der Waals surface area contributed by atoms with Crippen molar-refractivity contribution in [3.63, 3.8) is 0 Å². The first kappa shape index (κ1) is 23.1. The van der Waals surface area contributed by atoms with Gasteiger partial charge in [-0.1, -0.05) is 41.9 Å². The molecule has 2 aromatic carbocycles. The molecule has 8 heteroatoms. The first-order valence-corrected chi connectivity index (χ1v) is 11.5. The van der Waals surface area contributed by atoms with Crippen LogP contribution in [-0.2, 0) is 16.0 Å². The van der Waals surface area contributed by atoms with Crippen LogP contribution >= 0.6 is 11.6 Å². The molecule has 0 bridgehead atoms. The van der Waals surface area contributed by atoms with Crippen LogP contribution in [0.4, 0.5) is 4.79 Å². The van der Waals surface area contributed by atoms with Crippen LogP contribution in [0.3, 0.4) is 0 Å². The van der Waals surface area contributed by atoms with Gasteiger partial charge in [0, 0.05) is 35.8 Å². The predicted molar refractivity (Wildman–Crippen MR) is 125 cm³/mol. The number of hydrogen-bond acceptors (Lipinski definition) is 5. The summed E-state index contributed by atoms with van der Waals surface area (Å²) < 4.78 is 10.7. The molecule has 2 N–H and O–H groups in total. The third-order valence-corrected chi connectivity index (χ3v) is 6.24. The predicted octanol–water partition coefficient (Wildman–Crippen LogP) is 4.35. The fourth-order valence-corrected chi connectivity index (χ4v) is 4.08. The minimum Gasteiger partial charge on any atom is -0.480 e. The zero-order valence-corrected chi connectivity index (χ0v) is 19.0. The number of rotatable bonds is 7. The second-order valence-electron chi connectivity index (χ2n) is 8.16. The molecular formula is C25H27ClN2O5. The number of benzene rings is 2. The highest BCUT2D eigenvalue weighted by Crippen LogP contribution is 2.35. The number of halogens is 1. The van der Waals surface area contributed by atoms with Crippen molar-refractivity contribution in [3.05, 3.63) is 70.3 Å². The zero-order chi connectivity index (χ0) is 23.2. The summed E-state index contributed by atoms with van der Waals surface area (Å²) in [5.41, 5.74) is 3.65. The quantitative estimate of drug-likeness (QED) is 0.625. The Bertz CT molecular complexity index is 1030. The van der Waals surface area contributed by atoms with E-state index in [2.05, 4.69) is 5.32 Å². The van der Waals surface area contributed by atoms with E-state index in [0.717, 1.165) is 36.1 Å². The van der Waals surface area contributed by atoms with Gasteiger partial charge in [0.1, 0.15) is 11.8 Å². The molecule has 1 saturated heterocycles. The highest BCUT2D eigenvalue weighted by atomic mass is 35.5. The standard InChI is InChI=1S/C25H27ClN2O5/c26-21-7-2-1-6-20(21)23(18-4-3-5-18)27-22(24(29)30)16-17-8-10-19(11-9-17)33-25(31)28-12-14-32-15-13-28/h1-2,6-11,22,27H,3-5,12-16H2,(H,29,30). The molecule has 1 saturated carbocycles. The van der Waals surface area contributed by atoms with E-state index < -0.39 is 18.1 Å². The van der Waals surface area contributed by atoms with Crippen LogP contribution in [0.15, 0.2) is 54.1 Å². The van der Waals surface area contributed by atoms with Gasteiger partial charge in [0.15, 0.2) is 0 Å². The lowest BCUT2D eigenvalue weighted by Crippen LogP contribution is -2.42. The van der Waals surface area contributed by atoms with E-state index in [1.54, 1.807) is 29.2 Å². The van der Waals surface area contributed by atoms with E-state index in [9.17, 15) is 14.7 Å². The van der Waals surface area contributed by atoms with Crippen LogP contribution in [0.5, 0.6) is 5.75 Å². The van der Waals surface area contributed by atoms with Gasteiger partial charge in [-0.25, -0.2) is 9.59 Å². The summed E-state index contributed by atoms with van der Waals surface area (Å²) in [6.07, 6.45) is 2.82. The van der Waals surface area contributed by atoms with Gasteiger partial charge in [0.2, 0.25) is 0 Å². The third kappa shape index (κ3) is 5.86. The number of carbonyl (C=O) groups is 2. The molecule has 1 aliphatic heterocycles. The first-order chi connectivity index (χ1) is 16.0. The summed E-state index contributed by atoms with van der Waals surface area (Å²) in [7, 11) is 0. The van der Waals surface area contributed by atoms with Crippen LogP contribution in [-0.4, -0.2) is 54.4 Å². The van der Waals surface area contributed by atoms with Gasteiger partial charge >= 0.3 is 12.1 Å². The van der Waals surface area contributed by atoms with E-state index in [0.29, 0.717) is 37.1 Å². The van der Waals surface area contributed by atoms with Gasteiger partial charge in [-0.05, 0) is 48.6 Å².